The van der Waals surface area contributed by atoms with Crippen LogP contribution in [0.5, 0.6) is 0 Å². The molecule has 0 aromatic heterocycles. The third-order valence-corrected chi connectivity index (χ3v) is 8.94. The van der Waals surface area contributed by atoms with E-state index in [1.54, 1.807) is 14.2 Å². The standard InChI is InChI=1S/C14H28O3Si/c1-6-9-13-10-8-12-18(16-4,17-5)14(13,15-3)11-7-2/h6,13H,1,7-12H2,2-5H3. The predicted octanol–water partition coefficient (Wildman–Crippen LogP) is 3.43. The minimum absolute atomic E-state index is 0.225. The van der Waals surface area contributed by atoms with Gasteiger partial charge in [-0.3, -0.25) is 0 Å². The average molecular weight is 272 g/mol. The Labute approximate surface area is 113 Å². The summed E-state index contributed by atoms with van der Waals surface area (Å²) < 4.78 is 17.9. The van der Waals surface area contributed by atoms with Gasteiger partial charge in [-0.1, -0.05) is 25.8 Å². The molecule has 0 aromatic rings. The highest BCUT2D eigenvalue weighted by Gasteiger charge is 2.62. The third kappa shape index (κ3) is 2.44. The molecule has 18 heavy (non-hydrogen) atoms. The van der Waals surface area contributed by atoms with Crippen molar-refractivity contribution in [1.29, 1.82) is 0 Å². The zero-order chi connectivity index (χ0) is 13.6. The molecule has 0 amide bonds. The third-order valence-electron chi connectivity index (χ3n) is 4.46. The van der Waals surface area contributed by atoms with Crippen LogP contribution in [0.2, 0.25) is 6.04 Å². The molecule has 1 saturated heterocycles. The van der Waals surface area contributed by atoms with E-state index in [1.165, 1.54) is 12.8 Å². The molecule has 0 saturated carbocycles. The topological polar surface area (TPSA) is 27.7 Å². The molecule has 2 atom stereocenters. The lowest BCUT2D eigenvalue weighted by Gasteiger charge is -2.52. The molecule has 3 nitrogen and oxygen atoms in total. The molecule has 1 fully saturated rings. The Kier molecular flexibility index (Phi) is 6.04. The van der Waals surface area contributed by atoms with Gasteiger partial charge >= 0.3 is 8.56 Å². The van der Waals surface area contributed by atoms with E-state index in [2.05, 4.69) is 13.5 Å². The summed E-state index contributed by atoms with van der Waals surface area (Å²) in [6.45, 7) is 6.09. The maximum absolute atomic E-state index is 6.05. The summed E-state index contributed by atoms with van der Waals surface area (Å²) >= 11 is 0. The van der Waals surface area contributed by atoms with Crippen LogP contribution in [0.4, 0.5) is 0 Å². The van der Waals surface area contributed by atoms with Crippen molar-refractivity contribution in [2.75, 3.05) is 21.3 Å². The fourth-order valence-electron chi connectivity index (χ4n) is 3.67. The zero-order valence-corrected chi connectivity index (χ0v) is 13.3. The van der Waals surface area contributed by atoms with Gasteiger partial charge in [0.15, 0.2) is 0 Å². The van der Waals surface area contributed by atoms with Gasteiger partial charge in [0.2, 0.25) is 0 Å². The van der Waals surface area contributed by atoms with Crippen molar-refractivity contribution in [2.24, 2.45) is 5.92 Å². The summed E-state index contributed by atoms with van der Waals surface area (Å²) in [5.74, 6) is 0.472. The summed E-state index contributed by atoms with van der Waals surface area (Å²) in [5, 5.41) is -0.225. The Morgan fingerprint density at radius 2 is 2.00 bits per heavy atom. The van der Waals surface area contributed by atoms with Gasteiger partial charge in [0.1, 0.15) is 5.22 Å². The first-order valence-corrected chi connectivity index (χ1v) is 8.95. The fraction of sp³-hybridized carbons (Fsp3) is 0.857. The van der Waals surface area contributed by atoms with Crippen molar-refractivity contribution in [3.05, 3.63) is 12.7 Å². The number of methoxy groups -OCH3 is 1. The van der Waals surface area contributed by atoms with Crippen LogP contribution in [-0.2, 0) is 13.6 Å². The predicted molar refractivity (Wildman–Crippen MR) is 76.8 cm³/mol. The average Bonchev–Trinajstić information content (AvgIpc) is 2.41. The van der Waals surface area contributed by atoms with Gasteiger partial charge in [-0.25, -0.2) is 0 Å². The van der Waals surface area contributed by atoms with Crippen molar-refractivity contribution >= 4 is 8.56 Å². The quantitative estimate of drug-likeness (QED) is 0.525. The summed E-state index contributed by atoms with van der Waals surface area (Å²) in [6, 6.07) is 1.03. The Morgan fingerprint density at radius 3 is 2.44 bits per heavy atom. The molecule has 0 aromatic carbocycles. The maximum atomic E-state index is 6.05. The number of hydrogen-bond donors (Lipinski definition) is 0. The molecule has 0 N–H and O–H groups in total. The van der Waals surface area contributed by atoms with Crippen LogP contribution in [0.15, 0.2) is 12.7 Å². The second kappa shape index (κ2) is 6.85. The zero-order valence-electron chi connectivity index (χ0n) is 12.3. The van der Waals surface area contributed by atoms with Crippen molar-refractivity contribution in [3.63, 3.8) is 0 Å². The highest BCUT2D eigenvalue weighted by atomic mass is 28.4. The number of ether oxygens (including phenoxy) is 1. The Morgan fingerprint density at radius 1 is 1.33 bits per heavy atom. The van der Waals surface area contributed by atoms with Crippen LogP contribution in [-0.4, -0.2) is 35.1 Å². The van der Waals surface area contributed by atoms with Gasteiger partial charge in [0.05, 0.1) is 0 Å². The molecule has 0 spiro atoms. The molecule has 0 bridgehead atoms. The van der Waals surface area contributed by atoms with E-state index in [0.717, 1.165) is 25.3 Å². The summed E-state index contributed by atoms with van der Waals surface area (Å²) in [7, 11) is 3.09. The second-order valence-corrected chi connectivity index (χ2v) is 8.79. The van der Waals surface area contributed by atoms with Crippen molar-refractivity contribution in [2.45, 2.75) is 50.3 Å². The second-order valence-electron chi connectivity index (χ2n) is 5.12. The summed E-state index contributed by atoms with van der Waals surface area (Å²) in [6.07, 6.45) is 7.43. The van der Waals surface area contributed by atoms with E-state index < -0.39 is 8.56 Å². The van der Waals surface area contributed by atoms with Crippen LogP contribution >= 0.6 is 0 Å². The van der Waals surface area contributed by atoms with Gasteiger partial charge in [-0.15, -0.1) is 6.58 Å². The first-order valence-electron chi connectivity index (χ1n) is 6.92. The van der Waals surface area contributed by atoms with E-state index in [-0.39, 0.29) is 5.22 Å². The van der Waals surface area contributed by atoms with Gasteiger partial charge in [0, 0.05) is 21.3 Å². The summed E-state index contributed by atoms with van der Waals surface area (Å²) in [4.78, 5) is 0. The molecule has 4 heteroatoms. The van der Waals surface area contributed by atoms with Crippen molar-refractivity contribution in [1.82, 2.24) is 0 Å². The Hall–Kier alpha value is -0.163. The first kappa shape index (κ1) is 15.9. The van der Waals surface area contributed by atoms with Crippen LogP contribution in [0.25, 0.3) is 0 Å². The van der Waals surface area contributed by atoms with Crippen LogP contribution in [0.3, 0.4) is 0 Å². The lowest BCUT2D eigenvalue weighted by atomic mass is 9.89. The molecule has 2 unspecified atom stereocenters. The molecule has 106 valence electrons. The molecule has 1 rings (SSSR count). The molecular weight excluding hydrogens is 244 g/mol. The van der Waals surface area contributed by atoms with E-state index in [9.17, 15) is 0 Å². The van der Waals surface area contributed by atoms with E-state index in [0.29, 0.717) is 5.92 Å². The molecular formula is C14H28O3Si. The fourth-order valence-corrected chi connectivity index (χ4v) is 7.85. The monoisotopic (exact) mass is 272 g/mol. The van der Waals surface area contributed by atoms with Gasteiger partial charge in [0.25, 0.3) is 0 Å². The van der Waals surface area contributed by atoms with Crippen LogP contribution in [0, 0.1) is 5.92 Å². The minimum Gasteiger partial charge on any atom is -0.396 e. The lowest BCUT2D eigenvalue weighted by molar-refractivity contribution is -0.0528. The summed E-state index contributed by atoms with van der Waals surface area (Å²) in [5.41, 5.74) is 0. The molecule has 0 radical (unpaired) electrons. The van der Waals surface area contributed by atoms with E-state index in [1.807, 2.05) is 13.2 Å². The highest BCUT2D eigenvalue weighted by Crippen LogP contribution is 2.47. The van der Waals surface area contributed by atoms with Gasteiger partial charge in [-0.05, 0) is 31.2 Å². The molecule has 1 aliphatic rings. The number of rotatable bonds is 7. The normalized spacial score (nSPS) is 31.2. The van der Waals surface area contributed by atoms with Gasteiger partial charge < -0.3 is 13.6 Å². The van der Waals surface area contributed by atoms with E-state index >= 15 is 0 Å². The highest BCUT2D eigenvalue weighted by molar-refractivity contribution is 6.70. The first-order chi connectivity index (χ1) is 8.66. The van der Waals surface area contributed by atoms with Crippen LogP contribution < -0.4 is 0 Å². The van der Waals surface area contributed by atoms with Crippen LogP contribution in [0.1, 0.15) is 39.0 Å². The molecule has 1 heterocycles. The maximum Gasteiger partial charge on any atom is 0.371 e. The molecule has 1 aliphatic heterocycles. The van der Waals surface area contributed by atoms with Crippen molar-refractivity contribution < 1.29 is 13.6 Å². The number of hydrogen-bond acceptors (Lipinski definition) is 3. The smallest absolute Gasteiger partial charge is 0.371 e. The SMILES string of the molecule is C=CCC1CCC[Si](OC)(OC)C1(CCC)OC. The van der Waals surface area contributed by atoms with E-state index in [4.69, 9.17) is 13.6 Å². The van der Waals surface area contributed by atoms with Crippen molar-refractivity contribution in [3.8, 4) is 0 Å². The Balaban J connectivity index is 3.17. The minimum atomic E-state index is -2.30. The van der Waals surface area contributed by atoms with Gasteiger partial charge in [-0.2, -0.15) is 0 Å². The molecule has 0 aliphatic carbocycles. The number of allylic oxidation sites excluding steroid dienone is 1. The Bertz CT molecular complexity index is 266. The lowest BCUT2D eigenvalue weighted by Crippen LogP contribution is -2.68. The largest absolute Gasteiger partial charge is 0.396 e.